The topological polar surface area (TPSA) is 63.8 Å². The van der Waals surface area contributed by atoms with Gasteiger partial charge in [-0.15, -0.1) is 0 Å². The minimum absolute atomic E-state index is 0.466. The van der Waals surface area contributed by atoms with Crippen molar-refractivity contribution in [2.24, 2.45) is 0 Å². The summed E-state index contributed by atoms with van der Waals surface area (Å²) >= 11 is 12.3. The summed E-state index contributed by atoms with van der Waals surface area (Å²) in [5, 5.41) is 4.41. The molecule has 4 nitrogen and oxygen atoms in total. The number of hydrogen-bond donors (Lipinski definition) is 2. The highest BCUT2D eigenvalue weighted by Crippen LogP contribution is 2.32. The summed E-state index contributed by atoms with van der Waals surface area (Å²) < 4.78 is 0. The second kappa shape index (κ2) is 5.85. The van der Waals surface area contributed by atoms with Gasteiger partial charge in [0.15, 0.2) is 0 Å². The summed E-state index contributed by atoms with van der Waals surface area (Å²) in [6, 6.07) is 3.59. The van der Waals surface area contributed by atoms with E-state index in [9.17, 15) is 0 Å². The van der Waals surface area contributed by atoms with Crippen molar-refractivity contribution in [1.82, 2.24) is 9.97 Å². The van der Waals surface area contributed by atoms with E-state index in [1.807, 2.05) is 26.8 Å². The third-order valence-electron chi connectivity index (χ3n) is 3.05. The molecule has 3 N–H and O–H groups in total. The summed E-state index contributed by atoms with van der Waals surface area (Å²) in [5.74, 6) is 1.80. The van der Waals surface area contributed by atoms with Crippen LogP contribution < -0.4 is 11.1 Å². The molecule has 0 aliphatic rings. The van der Waals surface area contributed by atoms with Gasteiger partial charge in [-0.05, 0) is 31.5 Å². The monoisotopic (exact) mass is 310 g/mol. The van der Waals surface area contributed by atoms with E-state index in [0.29, 0.717) is 39.6 Å². The van der Waals surface area contributed by atoms with Crippen LogP contribution in [0.2, 0.25) is 10.0 Å². The number of hydrogen-bond acceptors (Lipinski definition) is 4. The summed E-state index contributed by atoms with van der Waals surface area (Å²) in [6.07, 6.45) is 0.710. The Morgan fingerprint density at radius 2 is 1.85 bits per heavy atom. The van der Waals surface area contributed by atoms with E-state index >= 15 is 0 Å². The average Bonchev–Trinajstić information content (AvgIpc) is 2.40. The van der Waals surface area contributed by atoms with E-state index in [0.717, 1.165) is 11.1 Å². The smallest absolute Gasteiger partial charge is 0.139 e. The van der Waals surface area contributed by atoms with E-state index < -0.39 is 0 Å². The molecule has 0 spiro atoms. The van der Waals surface area contributed by atoms with Crippen molar-refractivity contribution in [3.05, 3.63) is 39.1 Å². The molecule has 0 aliphatic carbocycles. The van der Waals surface area contributed by atoms with Gasteiger partial charge in [-0.3, -0.25) is 0 Å². The Bertz CT molecular complexity index is 656. The maximum Gasteiger partial charge on any atom is 0.139 e. The molecule has 1 aromatic carbocycles. The van der Waals surface area contributed by atoms with Crippen LogP contribution in [0.15, 0.2) is 12.1 Å². The van der Waals surface area contributed by atoms with Crippen LogP contribution in [0.1, 0.15) is 23.9 Å². The normalized spacial score (nSPS) is 10.7. The Morgan fingerprint density at radius 3 is 2.50 bits per heavy atom. The van der Waals surface area contributed by atoms with Gasteiger partial charge in [0.2, 0.25) is 0 Å². The van der Waals surface area contributed by atoms with Crippen molar-refractivity contribution in [3.63, 3.8) is 0 Å². The van der Waals surface area contributed by atoms with Crippen LogP contribution >= 0.6 is 23.2 Å². The van der Waals surface area contributed by atoms with Crippen LogP contribution in [0.4, 0.5) is 17.3 Å². The zero-order valence-corrected chi connectivity index (χ0v) is 13.1. The molecule has 0 radical (unpaired) electrons. The number of nitrogens with zero attached hydrogens (tertiary/aromatic N) is 2. The molecule has 0 amide bonds. The molecule has 0 saturated carbocycles. The van der Waals surface area contributed by atoms with E-state index in [1.54, 1.807) is 6.07 Å². The SMILES string of the molecule is CCc1nc(N)c(C)c(Nc2cc(Cl)c(C)cc2Cl)n1. The van der Waals surface area contributed by atoms with Gasteiger partial charge < -0.3 is 11.1 Å². The summed E-state index contributed by atoms with van der Waals surface area (Å²) in [4.78, 5) is 8.65. The van der Waals surface area contributed by atoms with Gasteiger partial charge in [0.05, 0.1) is 10.7 Å². The lowest BCUT2D eigenvalue weighted by Crippen LogP contribution is -2.06. The summed E-state index contributed by atoms with van der Waals surface area (Å²) in [7, 11) is 0. The van der Waals surface area contributed by atoms with Gasteiger partial charge in [-0.2, -0.15) is 0 Å². The van der Waals surface area contributed by atoms with Crippen LogP contribution in [-0.2, 0) is 6.42 Å². The van der Waals surface area contributed by atoms with Crippen molar-refractivity contribution in [2.45, 2.75) is 27.2 Å². The molecule has 0 bridgehead atoms. The van der Waals surface area contributed by atoms with Crippen LogP contribution in [0.25, 0.3) is 0 Å². The summed E-state index contributed by atoms with van der Waals surface area (Å²) in [6.45, 7) is 5.74. The van der Waals surface area contributed by atoms with E-state index in [4.69, 9.17) is 28.9 Å². The van der Waals surface area contributed by atoms with Gasteiger partial charge in [-0.25, -0.2) is 9.97 Å². The van der Waals surface area contributed by atoms with Crippen molar-refractivity contribution in [2.75, 3.05) is 11.1 Å². The largest absolute Gasteiger partial charge is 0.383 e. The van der Waals surface area contributed by atoms with Gasteiger partial charge in [0, 0.05) is 17.0 Å². The van der Waals surface area contributed by atoms with Gasteiger partial charge in [0.1, 0.15) is 17.5 Å². The van der Waals surface area contributed by atoms with E-state index in [-0.39, 0.29) is 0 Å². The first-order valence-corrected chi connectivity index (χ1v) is 7.03. The lowest BCUT2D eigenvalue weighted by atomic mass is 10.2. The average molecular weight is 311 g/mol. The van der Waals surface area contributed by atoms with Crippen LogP contribution in [0, 0.1) is 13.8 Å². The molecule has 2 rings (SSSR count). The lowest BCUT2D eigenvalue weighted by Gasteiger charge is -2.13. The molecule has 0 aliphatic heterocycles. The Balaban J connectivity index is 2.44. The molecule has 0 fully saturated rings. The molecule has 6 heteroatoms. The quantitative estimate of drug-likeness (QED) is 0.887. The van der Waals surface area contributed by atoms with Crippen molar-refractivity contribution >= 4 is 40.5 Å². The van der Waals surface area contributed by atoms with Crippen LogP contribution in [-0.4, -0.2) is 9.97 Å². The minimum atomic E-state index is 0.466. The molecule has 0 atom stereocenters. The Labute approximate surface area is 128 Å². The fourth-order valence-corrected chi connectivity index (χ4v) is 2.16. The Kier molecular flexibility index (Phi) is 4.35. The van der Waals surface area contributed by atoms with Crippen LogP contribution in [0.3, 0.4) is 0 Å². The molecule has 0 saturated heterocycles. The highest BCUT2D eigenvalue weighted by molar-refractivity contribution is 6.35. The van der Waals surface area contributed by atoms with Gasteiger partial charge in [0.25, 0.3) is 0 Å². The number of nitrogens with two attached hydrogens (primary N) is 1. The Hall–Kier alpha value is -1.52. The zero-order valence-electron chi connectivity index (χ0n) is 11.6. The molecule has 1 aromatic heterocycles. The maximum atomic E-state index is 6.22. The predicted octanol–water partition coefficient (Wildman–Crippen LogP) is 4.29. The minimum Gasteiger partial charge on any atom is -0.383 e. The van der Waals surface area contributed by atoms with E-state index in [2.05, 4.69) is 15.3 Å². The fourth-order valence-electron chi connectivity index (χ4n) is 1.73. The van der Waals surface area contributed by atoms with Gasteiger partial charge >= 0.3 is 0 Å². The zero-order chi connectivity index (χ0) is 14.9. The maximum absolute atomic E-state index is 6.22. The fraction of sp³-hybridized carbons (Fsp3) is 0.286. The van der Waals surface area contributed by atoms with Crippen molar-refractivity contribution in [1.29, 1.82) is 0 Å². The molecule has 0 unspecified atom stereocenters. The number of halogens is 2. The molecule has 1 heterocycles. The first-order chi connectivity index (χ1) is 9.42. The standard InChI is InChI=1S/C14H16Cl2N4/c1-4-12-19-13(17)8(3)14(20-12)18-11-6-9(15)7(2)5-10(11)16/h5-6H,4H2,1-3H3,(H3,17,18,19,20). The van der Waals surface area contributed by atoms with Crippen molar-refractivity contribution < 1.29 is 0 Å². The number of aryl methyl sites for hydroxylation is 2. The van der Waals surface area contributed by atoms with E-state index in [1.165, 1.54) is 0 Å². The molecular weight excluding hydrogens is 295 g/mol. The second-order valence-electron chi connectivity index (χ2n) is 4.56. The molecule has 20 heavy (non-hydrogen) atoms. The third kappa shape index (κ3) is 2.97. The van der Waals surface area contributed by atoms with Crippen LogP contribution in [0.5, 0.6) is 0 Å². The van der Waals surface area contributed by atoms with Crippen molar-refractivity contribution in [3.8, 4) is 0 Å². The number of anilines is 3. The number of rotatable bonds is 3. The molecule has 2 aromatic rings. The first kappa shape index (κ1) is 14.9. The predicted molar refractivity (Wildman–Crippen MR) is 85.0 cm³/mol. The molecule has 106 valence electrons. The molecular formula is C14H16Cl2N4. The number of benzene rings is 1. The first-order valence-electron chi connectivity index (χ1n) is 6.28. The number of aromatic nitrogens is 2. The highest BCUT2D eigenvalue weighted by Gasteiger charge is 2.11. The third-order valence-corrected chi connectivity index (χ3v) is 3.77. The number of nitrogen functional groups attached to an aromatic ring is 1. The number of nitrogens with one attached hydrogen (secondary N) is 1. The second-order valence-corrected chi connectivity index (χ2v) is 5.37. The highest BCUT2D eigenvalue weighted by atomic mass is 35.5. The lowest BCUT2D eigenvalue weighted by molar-refractivity contribution is 0.940. The Morgan fingerprint density at radius 1 is 1.15 bits per heavy atom. The summed E-state index contributed by atoms with van der Waals surface area (Å²) in [5.41, 5.74) is 8.31. The van der Waals surface area contributed by atoms with Gasteiger partial charge in [-0.1, -0.05) is 30.1 Å².